The molecule has 0 aromatic heterocycles. The average molecular weight is 414 g/mol. The van der Waals surface area contributed by atoms with Crippen molar-refractivity contribution in [2.45, 2.75) is 0 Å². The molecule has 0 saturated heterocycles. The fraction of sp³-hybridized carbons (Fsp3) is 0.200. The summed E-state index contributed by atoms with van der Waals surface area (Å²) in [6.45, 7) is 0. The van der Waals surface area contributed by atoms with Gasteiger partial charge in [0.15, 0.2) is 11.4 Å². The number of benzene rings is 1. The lowest BCUT2D eigenvalue weighted by Crippen LogP contribution is -2.12. The second-order valence-corrected chi connectivity index (χ2v) is 5.72. The normalized spacial score (nSPS) is 11.0. The van der Waals surface area contributed by atoms with Gasteiger partial charge in [-0.05, 0) is 44.2 Å². The Hall–Kier alpha value is -0.420. The Kier molecular flexibility index (Phi) is 6.29. The lowest BCUT2D eigenvalue weighted by Gasteiger charge is -2.10. The van der Waals surface area contributed by atoms with Gasteiger partial charge in [-0.1, -0.05) is 23.4 Å². The van der Waals surface area contributed by atoms with Gasteiger partial charge in [-0.15, -0.1) is 0 Å². The molecule has 96 valence electrons. The minimum absolute atomic E-state index is 0.454. The predicted molar refractivity (Wildman–Crippen MR) is 82.8 cm³/mol. The van der Waals surface area contributed by atoms with Crippen molar-refractivity contribution < 1.29 is 4.74 Å². The topological polar surface area (TPSA) is 57.4 Å². The molecule has 0 saturated carbocycles. The van der Waals surface area contributed by atoms with Gasteiger partial charge in [-0.2, -0.15) is 5.26 Å². The summed E-state index contributed by atoms with van der Waals surface area (Å²) < 4.78 is 6.54. The van der Waals surface area contributed by atoms with Crippen LogP contribution in [0.3, 0.4) is 0 Å². The third kappa shape index (κ3) is 3.54. The van der Waals surface area contributed by atoms with Gasteiger partial charge in [0.1, 0.15) is 11.4 Å². The molecule has 4 nitrogen and oxygen atoms in total. The van der Waals surface area contributed by atoms with Gasteiger partial charge in [0.05, 0.1) is 16.6 Å². The molecule has 18 heavy (non-hydrogen) atoms. The Bertz CT molecular complexity index is 531. The van der Waals surface area contributed by atoms with E-state index >= 15 is 0 Å². The average Bonchev–Trinajstić information content (AvgIpc) is 2.37. The van der Waals surface area contributed by atoms with Crippen molar-refractivity contribution >= 4 is 66.1 Å². The Morgan fingerprint density at radius 1 is 1.61 bits per heavy atom. The van der Waals surface area contributed by atoms with Gasteiger partial charge in [-0.25, -0.2) is 4.99 Å². The van der Waals surface area contributed by atoms with Crippen LogP contribution < -0.4 is 10.1 Å². The molecule has 0 spiro atoms. The third-order valence-corrected chi connectivity index (χ3v) is 4.72. The molecule has 1 N–H and O–H groups in total. The number of thioether (sulfide) groups is 1. The summed E-state index contributed by atoms with van der Waals surface area (Å²) in [5.74, 6) is 0.546. The summed E-state index contributed by atoms with van der Waals surface area (Å²) >= 11 is 14.1. The number of nitriles is 1. The van der Waals surface area contributed by atoms with E-state index in [0.29, 0.717) is 30.6 Å². The zero-order chi connectivity index (χ0) is 13.7. The van der Waals surface area contributed by atoms with Gasteiger partial charge in [0, 0.05) is 4.47 Å². The van der Waals surface area contributed by atoms with E-state index in [1.165, 1.54) is 18.9 Å². The van der Waals surface area contributed by atoms with Gasteiger partial charge in [0.2, 0.25) is 0 Å². The molecular weight excluding hydrogens is 405 g/mol. The zero-order valence-corrected chi connectivity index (χ0v) is 14.2. The fourth-order valence-corrected chi connectivity index (χ4v) is 2.74. The standard InChI is InChI=1S/C10H8Br2ClN3OS/c1-17-6-3-5(11)8(13)7(12)9(6)16-10(18-2)15-4-14/h3H,1-2H3,(H,15,16). The first-order valence-electron chi connectivity index (χ1n) is 4.54. The van der Waals surface area contributed by atoms with Crippen molar-refractivity contribution in [3.8, 4) is 11.9 Å². The molecule has 1 aromatic rings. The Morgan fingerprint density at radius 3 is 2.78 bits per heavy atom. The summed E-state index contributed by atoms with van der Waals surface area (Å²) in [7, 11) is 1.54. The highest BCUT2D eigenvalue weighted by molar-refractivity contribution is 9.11. The molecule has 0 aliphatic heterocycles. The number of halogens is 3. The summed E-state index contributed by atoms with van der Waals surface area (Å²) in [6, 6.07) is 1.72. The number of nitrogens with zero attached hydrogens (tertiary/aromatic N) is 2. The highest BCUT2D eigenvalue weighted by Crippen LogP contribution is 2.44. The van der Waals surface area contributed by atoms with Gasteiger partial charge in [-0.3, -0.25) is 5.32 Å². The number of nitrogens with one attached hydrogen (secondary N) is 1. The second kappa shape index (κ2) is 7.24. The fourth-order valence-electron chi connectivity index (χ4n) is 1.10. The van der Waals surface area contributed by atoms with Crippen molar-refractivity contribution in [3.05, 3.63) is 20.0 Å². The summed E-state index contributed by atoms with van der Waals surface area (Å²) in [5.41, 5.74) is 0.526. The van der Waals surface area contributed by atoms with E-state index < -0.39 is 0 Å². The number of rotatable bonds is 2. The van der Waals surface area contributed by atoms with Crippen LogP contribution in [0.1, 0.15) is 0 Å². The maximum absolute atomic E-state index is 8.61. The molecule has 1 rings (SSSR count). The van der Waals surface area contributed by atoms with Crippen molar-refractivity contribution in [1.82, 2.24) is 5.32 Å². The molecular formula is C10H8Br2ClN3OS. The number of ether oxygens (including phenoxy) is 1. The Balaban J connectivity index is 3.39. The minimum atomic E-state index is 0.454. The number of hydrogen-bond donors (Lipinski definition) is 1. The van der Waals surface area contributed by atoms with Gasteiger partial charge < -0.3 is 4.74 Å². The smallest absolute Gasteiger partial charge is 0.183 e. The molecule has 0 aliphatic carbocycles. The van der Waals surface area contributed by atoms with Gasteiger partial charge >= 0.3 is 0 Å². The zero-order valence-electron chi connectivity index (χ0n) is 9.42. The lowest BCUT2D eigenvalue weighted by molar-refractivity contribution is 0.415. The molecule has 0 fully saturated rings. The summed E-state index contributed by atoms with van der Waals surface area (Å²) in [6.07, 6.45) is 3.63. The minimum Gasteiger partial charge on any atom is -0.494 e. The number of hydrogen-bond acceptors (Lipinski definition) is 4. The molecule has 0 heterocycles. The highest BCUT2D eigenvalue weighted by atomic mass is 79.9. The van der Waals surface area contributed by atoms with E-state index in [9.17, 15) is 0 Å². The van der Waals surface area contributed by atoms with Crippen LogP contribution in [-0.2, 0) is 0 Å². The van der Waals surface area contributed by atoms with Crippen LogP contribution >= 0.6 is 55.2 Å². The number of amidine groups is 1. The van der Waals surface area contributed by atoms with Crippen LogP contribution in [0.25, 0.3) is 0 Å². The predicted octanol–water partition coefficient (Wildman–Crippen LogP) is 4.29. The summed E-state index contributed by atoms with van der Waals surface area (Å²) in [4.78, 5) is 4.31. The quantitative estimate of drug-likeness (QED) is 0.258. The molecule has 0 atom stereocenters. The number of aliphatic imine (C=N–C) groups is 1. The molecule has 0 unspecified atom stereocenters. The first-order chi connectivity index (χ1) is 8.54. The molecule has 0 bridgehead atoms. The molecule has 0 radical (unpaired) electrons. The van der Waals surface area contributed by atoms with E-state index in [4.69, 9.17) is 21.6 Å². The van der Waals surface area contributed by atoms with Crippen LogP contribution in [0.4, 0.5) is 5.69 Å². The van der Waals surface area contributed by atoms with E-state index in [-0.39, 0.29) is 0 Å². The van der Waals surface area contributed by atoms with Crippen LogP contribution in [0, 0.1) is 11.5 Å². The second-order valence-electron chi connectivity index (χ2n) is 2.90. The molecule has 0 amide bonds. The number of methoxy groups -OCH3 is 1. The van der Waals surface area contributed by atoms with E-state index in [2.05, 4.69) is 42.2 Å². The monoisotopic (exact) mass is 411 g/mol. The molecule has 8 heteroatoms. The largest absolute Gasteiger partial charge is 0.494 e. The first kappa shape index (κ1) is 15.6. The van der Waals surface area contributed by atoms with Crippen molar-refractivity contribution in [3.63, 3.8) is 0 Å². The van der Waals surface area contributed by atoms with E-state index in [1.807, 2.05) is 12.4 Å². The van der Waals surface area contributed by atoms with E-state index in [1.54, 1.807) is 6.07 Å². The lowest BCUT2D eigenvalue weighted by atomic mass is 10.3. The van der Waals surface area contributed by atoms with Crippen LogP contribution in [0.5, 0.6) is 5.75 Å². The highest BCUT2D eigenvalue weighted by Gasteiger charge is 2.15. The van der Waals surface area contributed by atoms with Crippen molar-refractivity contribution in [2.75, 3.05) is 13.4 Å². The van der Waals surface area contributed by atoms with Crippen LogP contribution in [-0.4, -0.2) is 18.5 Å². The molecule has 0 aliphatic rings. The Morgan fingerprint density at radius 2 is 2.28 bits per heavy atom. The van der Waals surface area contributed by atoms with E-state index in [0.717, 1.165) is 0 Å². The third-order valence-electron chi connectivity index (χ3n) is 1.89. The van der Waals surface area contributed by atoms with Crippen LogP contribution in [0.2, 0.25) is 5.02 Å². The van der Waals surface area contributed by atoms with Crippen molar-refractivity contribution in [2.24, 2.45) is 4.99 Å². The van der Waals surface area contributed by atoms with Gasteiger partial charge in [0.25, 0.3) is 0 Å². The first-order valence-corrected chi connectivity index (χ1v) is 7.73. The van der Waals surface area contributed by atoms with Crippen LogP contribution in [0.15, 0.2) is 20.0 Å². The SMILES string of the molecule is COc1cc(Br)c(Cl)c(Br)c1N=C(NC#N)SC. The maximum Gasteiger partial charge on any atom is 0.183 e. The summed E-state index contributed by atoms with van der Waals surface area (Å²) in [5, 5.41) is 12.0. The Labute approximate surface area is 131 Å². The maximum atomic E-state index is 8.61. The molecule has 1 aromatic carbocycles. The van der Waals surface area contributed by atoms with Crippen molar-refractivity contribution in [1.29, 1.82) is 5.26 Å².